The van der Waals surface area contributed by atoms with Gasteiger partial charge in [0.1, 0.15) is 6.04 Å². The number of hydrogen-bond acceptors (Lipinski definition) is 3. The van der Waals surface area contributed by atoms with Crippen LogP contribution in [0.4, 0.5) is 0 Å². The van der Waals surface area contributed by atoms with E-state index in [0.29, 0.717) is 5.02 Å². The number of amides is 1. The van der Waals surface area contributed by atoms with Gasteiger partial charge in [-0.3, -0.25) is 9.10 Å². The highest BCUT2D eigenvalue weighted by molar-refractivity contribution is 7.97. The van der Waals surface area contributed by atoms with Gasteiger partial charge in [-0.1, -0.05) is 43.1 Å². The second-order valence-electron chi connectivity index (χ2n) is 4.47. The molecule has 1 aliphatic rings. The number of rotatable bonds is 6. The van der Waals surface area contributed by atoms with Crippen molar-refractivity contribution in [3.8, 4) is 0 Å². The first-order chi connectivity index (χ1) is 9.20. The minimum atomic E-state index is -0.408. The van der Waals surface area contributed by atoms with E-state index in [1.165, 1.54) is 0 Å². The lowest BCUT2D eigenvalue weighted by molar-refractivity contribution is -0.158. The number of carbonyl (C=O) groups excluding carboxylic acids is 1. The van der Waals surface area contributed by atoms with Gasteiger partial charge in [0.25, 0.3) is 5.91 Å². The normalized spacial score (nSPS) is 22.5. The summed E-state index contributed by atoms with van der Waals surface area (Å²) in [6, 6.07) is 7.56. The van der Waals surface area contributed by atoms with Crippen molar-refractivity contribution in [2.45, 2.75) is 31.9 Å². The van der Waals surface area contributed by atoms with Gasteiger partial charge in [-0.25, -0.2) is 0 Å². The van der Waals surface area contributed by atoms with E-state index in [1.807, 2.05) is 24.3 Å². The van der Waals surface area contributed by atoms with E-state index in [-0.39, 0.29) is 11.9 Å². The first-order valence-electron chi connectivity index (χ1n) is 6.44. The summed E-state index contributed by atoms with van der Waals surface area (Å²) in [4.78, 5) is 12.0. The van der Waals surface area contributed by atoms with Gasteiger partial charge in [-0.15, -0.1) is 0 Å². The minimum absolute atomic E-state index is 0.0357. The Morgan fingerprint density at radius 2 is 2.16 bits per heavy atom. The lowest BCUT2D eigenvalue weighted by Crippen LogP contribution is -2.56. The summed E-state index contributed by atoms with van der Waals surface area (Å²) in [5, 5.41) is 0.683. The van der Waals surface area contributed by atoms with Crippen LogP contribution in [0.25, 0.3) is 0 Å². The third-order valence-electron chi connectivity index (χ3n) is 3.21. The number of ether oxygens (including phenoxy) is 1. The fourth-order valence-electron chi connectivity index (χ4n) is 2.12. The summed E-state index contributed by atoms with van der Waals surface area (Å²) in [7, 11) is 1.57. The lowest BCUT2D eigenvalue weighted by Gasteiger charge is -2.45. The van der Waals surface area contributed by atoms with Crippen LogP contribution in [-0.4, -0.2) is 29.2 Å². The zero-order valence-corrected chi connectivity index (χ0v) is 12.7. The molecule has 0 aliphatic carbocycles. The number of halogens is 1. The van der Waals surface area contributed by atoms with E-state index in [4.69, 9.17) is 16.3 Å². The quantitative estimate of drug-likeness (QED) is 0.456. The molecule has 1 saturated heterocycles. The van der Waals surface area contributed by atoms with Crippen LogP contribution in [0.5, 0.6) is 0 Å². The van der Waals surface area contributed by atoms with Crippen molar-refractivity contribution < 1.29 is 9.53 Å². The second-order valence-corrected chi connectivity index (χ2v) is 5.94. The van der Waals surface area contributed by atoms with Gasteiger partial charge in [0.2, 0.25) is 0 Å². The molecule has 0 bridgehead atoms. The number of carbonyl (C=O) groups is 1. The Morgan fingerprint density at radius 3 is 2.79 bits per heavy atom. The van der Waals surface area contributed by atoms with E-state index in [1.54, 1.807) is 23.4 Å². The topological polar surface area (TPSA) is 29.5 Å². The molecule has 1 aromatic carbocycles. The van der Waals surface area contributed by atoms with Gasteiger partial charge >= 0.3 is 0 Å². The molecule has 1 fully saturated rings. The molecule has 19 heavy (non-hydrogen) atoms. The first-order valence-corrected chi connectivity index (χ1v) is 7.76. The molecule has 5 heteroatoms. The number of unbranched alkanes of at least 4 members (excludes halogenated alkanes) is 1. The second kappa shape index (κ2) is 6.64. The van der Waals surface area contributed by atoms with Crippen LogP contribution >= 0.6 is 23.5 Å². The summed E-state index contributed by atoms with van der Waals surface area (Å²) >= 11 is 7.80. The molecule has 1 amide bonds. The third-order valence-corrected chi connectivity index (χ3v) is 4.71. The maximum absolute atomic E-state index is 12.0. The highest BCUT2D eigenvalue weighted by atomic mass is 35.5. The SMILES string of the molecule is CCCCSN1C(=O)C(OC)C1c1ccccc1Cl. The average Bonchev–Trinajstić information content (AvgIpc) is 2.42. The number of nitrogens with zero attached hydrogens (tertiary/aromatic N) is 1. The zero-order valence-electron chi connectivity index (χ0n) is 11.1. The highest BCUT2D eigenvalue weighted by Gasteiger charge is 2.49. The largest absolute Gasteiger partial charge is 0.369 e. The molecule has 1 aromatic rings. The van der Waals surface area contributed by atoms with Crippen LogP contribution in [0.2, 0.25) is 5.02 Å². The molecule has 104 valence electrons. The molecule has 0 aromatic heterocycles. The molecule has 0 spiro atoms. The fourth-order valence-corrected chi connectivity index (χ4v) is 3.60. The maximum atomic E-state index is 12.0. The predicted molar refractivity (Wildman–Crippen MR) is 79.2 cm³/mol. The van der Waals surface area contributed by atoms with E-state index in [0.717, 1.165) is 24.2 Å². The standard InChI is InChI=1S/C14H18ClNO2S/c1-3-4-9-19-16-12(13(18-2)14(16)17)10-7-5-6-8-11(10)15/h5-8,12-13H,3-4,9H2,1-2H3. The van der Waals surface area contributed by atoms with Gasteiger partial charge in [-0.05, 0) is 30.0 Å². The van der Waals surface area contributed by atoms with Gasteiger partial charge in [0.05, 0.1) is 0 Å². The first kappa shape index (κ1) is 14.7. The molecule has 3 nitrogen and oxygen atoms in total. The fraction of sp³-hybridized carbons (Fsp3) is 0.500. The summed E-state index contributed by atoms with van der Waals surface area (Å²) in [5.41, 5.74) is 0.958. The predicted octanol–water partition coefficient (Wildman–Crippen LogP) is 3.69. The summed E-state index contributed by atoms with van der Waals surface area (Å²) in [6.45, 7) is 2.14. The molecule has 1 aliphatic heterocycles. The number of methoxy groups -OCH3 is 1. The molecular weight excluding hydrogens is 282 g/mol. The summed E-state index contributed by atoms with van der Waals surface area (Å²) in [5.74, 6) is 0.980. The Kier molecular flexibility index (Phi) is 5.13. The van der Waals surface area contributed by atoms with Crippen molar-refractivity contribution >= 4 is 29.5 Å². The van der Waals surface area contributed by atoms with E-state index in [9.17, 15) is 4.79 Å². The minimum Gasteiger partial charge on any atom is -0.369 e. The molecule has 2 rings (SSSR count). The van der Waals surface area contributed by atoms with Gasteiger partial charge < -0.3 is 4.74 Å². The average molecular weight is 300 g/mol. The molecule has 1 heterocycles. The number of hydrogen-bond donors (Lipinski definition) is 0. The Balaban J connectivity index is 2.15. The Morgan fingerprint density at radius 1 is 1.42 bits per heavy atom. The third kappa shape index (κ3) is 2.91. The number of β-lactam (4-membered cyclic amide) rings is 1. The Bertz CT molecular complexity index is 455. The molecule has 2 atom stereocenters. The summed E-state index contributed by atoms with van der Waals surface area (Å²) < 4.78 is 7.09. The van der Waals surface area contributed by atoms with Crippen LogP contribution in [0.3, 0.4) is 0 Å². The Labute approximate surface area is 123 Å². The maximum Gasteiger partial charge on any atom is 0.264 e. The molecule has 0 N–H and O–H groups in total. The number of benzene rings is 1. The van der Waals surface area contributed by atoms with Crippen LogP contribution in [0.1, 0.15) is 31.4 Å². The van der Waals surface area contributed by atoms with E-state index >= 15 is 0 Å². The molecular formula is C14H18ClNO2S. The molecule has 0 radical (unpaired) electrons. The summed E-state index contributed by atoms with van der Waals surface area (Å²) in [6.07, 6.45) is 1.81. The lowest BCUT2D eigenvalue weighted by atomic mass is 9.94. The van der Waals surface area contributed by atoms with Crippen molar-refractivity contribution in [1.29, 1.82) is 0 Å². The molecule has 0 saturated carbocycles. The van der Waals surface area contributed by atoms with E-state index in [2.05, 4.69) is 6.92 Å². The van der Waals surface area contributed by atoms with Crippen molar-refractivity contribution in [3.05, 3.63) is 34.9 Å². The highest BCUT2D eigenvalue weighted by Crippen LogP contribution is 2.44. The van der Waals surface area contributed by atoms with Crippen LogP contribution < -0.4 is 0 Å². The zero-order chi connectivity index (χ0) is 13.8. The smallest absolute Gasteiger partial charge is 0.264 e. The Hall–Kier alpha value is -0.710. The van der Waals surface area contributed by atoms with Crippen molar-refractivity contribution in [2.75, 3.05) is 12.9 Å². The van der Waals surface area contributed by atoms with E-state index < -0.39 is 6.10 Å². The monoisotopic (exact) mass is 299 g/mol. The molecule has 2 unspecified atom stereocenters. The van der Waals surface area contributed by atoms with Gasteiger partial charge in [-0.2, -0.15) is 0 Å². The van der Waals surface area contributed by atoms with Crippen LogP contribution in [0.15, 0.2) is 24.3 Å². The van der Waals surface area contributed by atoms with Crippen LogP contribution in [-0.2, 0) is 9.53 Å². The van der Waals surface area contributed by atoms with Crippen molar-refractivity contribution in [1.82, 2.24) is 4.31 Å². The van der Waals surface area contributed by atoms with Crippen LogP contribution in [0, 0.1) is 0 Å². The van der Waals surface area contributed by atoms with Gasteiger partial charge in [0.15, 0.2) is 6.10 Å². The van der Waals surface area contributed by atoms with Crippen molar-refractivity contribution in [3.63, 3.8) is 0 Å². The van der Waals surface area contributed by atoms with Crippen molar-refractivity contribution in [2.24, 2.45) is 0 Å². The van der Waals surface area contributed by atoms with Gasteiger partial charge in [0, 0.05) is 17.9 Å².